The van der Waals surface area contributed by atoms with Crippen molar-refractivity contribution < 1.29 is 14.4 Å². The van der Waals surface area contributed by atoms with E-state index in [1.807, 2.05) is 49.4 Å². The fourth-order valence-electron chi connectivity index (χ4n) is 3.85. The van der Waals surface area contributed by atoms with Crippen molar-refractivity contribution in [1.82, 2.24) is 10.2 Å². The second-order valence-electron chi connectivity index (χ2n) is 7.66. The molecule has 2 aromatic rings. The molecular weight excluding hydrogens is 368 g/mol. The monoisotopic (exact) mass is 392 g/mol. The molecule has 29 heavy (non-hydrogen) atoms. The van der Waals surface area contributed by atoms with Gasteiger partial charge in [0.1, 0.15) is 6.04 Å². The van der Waals surface area contributed by atoms with E-state index in [1.54, 1.807) is 4.90 Å². The fourth-order valence-corrected chi connectivity index (χ4v) is 3.85. The second-order valence-corrected chi connectivity index (χ2v) is 7.66. The van der Waals surface area contributed by atoms with Crippen LogP contribution in [-0.2, 0) is 22.7 Å². The van der Waals surface area contributed by atoms with Gasteiger partial charge < -0.3 is 16.0 Å². The summed E-state index contributed by atoms with van der Waals surface area (Å²) in [5.41, 5.74) is 10.5. The Balaban J connectivity index is 1.46. The molecule has 150 valence electrons. The molecule has 0 saturated carbocycles. The highest BCUT2D eigenvalue weighted by Gasteiger charge is 2.39. The van der Waals surface area contributed by atoms with Crippen molar-refractivity contribution in [2.45, 2.75) is 44.9 Å². The Morgan fingerprint density at radius 2 is 2.03 bits per heavy atom. The lowest BCUT2D eigenvalue weighted by molar-refractivity contribution is -0.136. The van der Waals surface area contributed by atoms with Gasteiger partial charge in [0, 0.05) is 36.8 Å². The van der Waals surface area contributed by atoms with Crippen LogP contribution < -0.4 is 16.4 Å². The summed E-state index contributed by atoms with van der Waals surface area (Å²) < 4.78 is 0. The van der Waals surface area contributed by atoms with E-state index in [4.69, 9.17) is 5.73 Å². The van der Waals surface area contributed by atoms with Crippen LogP contribution in [0.2, 0.25) is 0 Å². The number of nitrogens with zero attached hydrogens (tertiary/aromatic N) is 1. The number of anilines is 1. The minimum Gasteiger partial charge on any atom is -0.381 e. The number of hydrogen-bond donors (Lipinski definition) is 3. The first-order valence-corrected chi connectivity index (χ1v) is 9.78. The molecule has 2 aliphatic heterocycles. The smallest absolute Gasteiger partial charge is 0.255 e. The Morgan fingerprint density at radius 3 is 2.79 bits per heavy atom. The van der Waals surface area contributed by atoms with Crippen molar-refractivity contribution in [3.63, 3.8) is 0 Å². The van der Waals surface area contributed by atoms with Crippen LogP contribution in [0.25, 0.3) is 0 Å². The first-order chi connectivity index (χ1) is 13.9. The van der Waals surface area contributed by atoms with Gasteiger partial charge in [0.2, 0.25) is 11.8 Å². The molecular formula is C22H24N4O3. The van der Waals surface area contributed by atoms with E-state index in [9.17, 15) is 14.4 Å². The molecule has 7 nitrogen and oxygen atoms in total. The van der Waals surface area contributed by atoms with Gasteiger partial charge >= 0.3 is 0 Å². The zero-order valence-corrected chi connectivity index (χ0v) is 16.3. The average Bonchev–Trinajstić information content (AvgIpc) is 3.02. The van der Waals surface area contributed by atoms with Crippen LogP contribution in [0, 0.1) is 0 Å². The zero-order chi connectivity index (χ0) is 20.5. The normalized spacial score (nSPS) is 19.7. The molecule has 0 spiro atoms. The number of nitrogens with one attached hydrogen (secondary N) is 2. The number of rotatable bonds is 5. The molecule has 4 rings (SSSR count). The molecule has 0 aromatic heterocycles. The lowest BCUT2D eigenvalue weighted by atomic mass is 10.0. The largest absolute Gasteiger partial charge is 0.381 e. The molecule has 2 aliphatic rings. The molecule has 1 saturated heterocycles. The Bertz CT molecular complexity index is 986. The van der Waals surface area contributed by atoms with Crippen molar-refractivity contribution in [2.75, 3.05) is 5.32 Å². The fraction of sp³-hybridized carbons (Fsp3) is 0.318. The standard InChI is InChI=1S/C22H24N4O3/c1-13(23)15-3-2-4-17(10-15)24-11-14-5-6-16-12-26(22(29)18(16)9-14)19-7-8-20(27)25-21(19)28/h2-6,9-10,13,19,24H,7-8,11-12,23H2,1H3,(H,25,27,28)/t13-,19?/m0/s1. The van der Waals surface area contributed by atoms with E-state index in [-0.39, 0.29) is 24.3 Å². The third kappa shape index (κ3) is 3.86. The number of carbonyl (C=O) groups excluding carboxylic acids is 3. The highest BCUT2D eigenvalue weighted by atomic mass is 16.2. The van der Waals surface area contributed by atoms with Crippen molar-refractivity contribution in [1.29, 1.82) is 0 Å². The number of carbonyl (C=O) groups is 3. The summed E-state index contributed by atoms with van der Waals surface area (Å²) in [6.45, 7) is 2.91. The number of amides is 3. The van der Waals surface area contributed by atoms with Gasteiger partial charge in [-0.1, -0.05) is 24.3 Å². The van der Waals surface area contributed by atoms with Gasteiger partial charge in [0.05, 0.1) is 0 Å². The van der Waals surface area contributed by atoms with Crippen LogP contribution in [0.5, 0.6) is 0 Å². The van der Waals surface area contributed by atoms with Crippen LogP contribution in [0.4, 0.5) is 5.69 Å². The average molecular weight is 392 g/mol. The van der Waals surface area contributed by atoms with Gasteiger partial charge in [-0.15, -0.1) is 0 Å². The first kappa shape index (κ1) is 19.1. The number of nitrogens with two attached hydrogens (primary N) is 1. The van der Waals surface area contributed by atoms with E-state index in [1.165, 1.54) is 0 Å². The maximum atomic E-state index is 12.9. The van der Waals surface area contributed by atoms with E-state index < -0.39 is 11.9 Å². The molecule has 1 fully saturated rings. The van der Waals surface area contributed by atoms with E-state index >= 15 is 0 Å². The van der Waals surface area contributed by atoms with Crippen molar-refractivity contribution in [3.05, 3.63) is 64.7 Å². The second kappa shape index (κ2) is 7.67. The number of fused-ring (bicyclic) bond motifs is 1. The van der Waals surface area contributed by atoms with Crippen molar-refractivity contribution in [3.8, 4) is 0 Å². The lowest BCUT2D eigenvalue weighted by Crippen LogP contribution is -2.52. The Kier molecular flexibility index (Phi) is 5.07. The SMILES string of the molecule is C[C@H](N)c1cccc(NCc2ccc3c(c2)C(=O)N(C2CCC(=O)NC2=O)C3)c1. The van der Waals surface area contributed by atoms with Crippen molar-refractivity contribution >= 4 is 23.4 Å². The van der Waals surface area contributed by atoms with Gasteiger partial charge in [0.15, 0.2) is 0 Å². The third-order valence-corrected chi connectivity index (χ3v) is 5.50. The van der Waals surface area contributed by atoms with Crippen molar-refractivity contribution in [2.24, 2.45) is 5.73 Å². The number of piperidine rings is 1. The number of benzene rings is 2. The highest BCUT2D eigenvalue weighted by Crippen LogP contribution is 2.28. The van der Waals surface area contributed by atoms with Crippen LogP contribution >= 0.6 is 0 Å². The summed E-state index contributed by atoms with van der Waals surface area (Å²) in [7, 11) is 0. The lowest BCUT2D eigenvalue weighted by Gasteiger charge is -2.29. The summed E-state index contributed by atoms with van der Waals surface area (Å²) >= 11 is 0. The molecule has 2 atom stereocenters. The van der Waals surface area contributed by atoms with Gasteiger partial charge in [-0.25, -0.2) is 0 Å². The Hall–Kier alpha value is -3.19. The van der Waals surface area contributed by atoms with Gasteiger partial charge in [-0.05, 0) is 48.2 Å². The molecule has 4 N–H and O–H groups in total. The minimum atomic E-state index is -0.588. The highest BCUT2D eigenvalue weighted by molar-refractivity contribution is 6.05. The first-order valence-electron chi connectivity index (χ1n) is 9.78. The summed E-state index contributed by atoms with van der Waals surface area (Å²) in [5.74, 6) is -0.828. The summed E-state index contributed by atoms with van der Waals surface area (Å²) in [5, 5.41) is 5.69. The molecule has 0 aliphatic carbocycles. The van der Waals surface area contributed by atoms with Gasteiger partial charge in [0.25, 0.3) is 5.91 Å². The predicted molar refractivity (Wildman–Crippen MR) is 109 cm³/mol. The Morgan fingerprint density at radius 1 is 1.21 bits per heavy atom. The van der Waals surface area contributed by atoms with Gasteiger partial charge in [-0.3, -0.25) is 19.7 Å². The third-order valence-electron chi connectivity index (χ3n) is 5.50. The van der Waals surface area contributed by atoms with E-state index in [0.29, 0.717) is 25.1 Å². The minimum absolute atomic E-state index is 0.0346. The molecule has 1 unspecified atom stereocenters. The van der Waals surface area contributed by atoms with E-state index in [0.717, 1.165) is 22.4 Å². The summed E-state index contributed by atoms with van der Waals surface area (Å²) in [6.07, 6.45) is 0.626. The molecule has 0 radical (unpaired) electrons. The number of imide groups is 1. The van der Waals surface area contributed by atoms with Crippen LogP contribution in [-0.4, -0.2) is 28.7 Å². The molecule has 2 heterocycles. The Labute approximate surface area is 169 Å². The zero-order valence-electron chi connectivity index (χ0n) is 16.3. The molecule has 2 aromatic carbocycles. The van der Waals surface area contributed by atoms with Crippen LogP contribution in [0.3, 0.4) is 0 Å². The topological polar surface area (TPSA) is 105 Å². The molecule has 3 amide bonds. The molecule has 0 bridgehead atoms. The van der Waals surface area contributed by atoms with Crippen LogP contribution in [0.15, 0.2) is 42.5 Å². The van der Waals surface area contributed by atoms with Crippen LogP contribution in [0.1, 0.15) is 52.9 Å². The molecule has 7 heteroatoms. The predicted octanol–water partition coefficient (Wildman–Crippen LogP) is 2.08. The van der Waals surface area contributed by atoms with Gasteiger partial charge in [-0.2, -0.15) is 0 Å². The van der Waals surface area contributed by atoms with E-state index in [2.05, 4.69) is 10.6 Å². The summed E-state index contributed by atoms with van der Waals surface area (Å²) in [6, 6.07) is 13.1. The maximum Gasteiger partial charge on any atom is 0.255 e. The summed E-state index contributed by atoms with van der Waals surface area (Å²) in [4.78, 5) is 38.0. The quantitative estimate of drug-likeness (QED) is 0.676. The number of hydrogen-bond acceptors (Lipinski definition) is 5. The maximum absolute atomic E-state index is 12.9.